The Hall–Kier alpha value is -0.950. The topological polar surface area (TPSA) is 96.2 Å². The van der Waals surface area contributed by atoms with Gasteiger partial charge in [-0.15, -0.1) is 0 Å². The van der Waals surface area contributed by atoms with Crippen LogP contribution in [0.4, 0.5) is 0 Å². The summed E-state index contributed by atoms with van der Waals surface area (Å²) < 4.78 is 11.8. The summed E-state index contributed by atoms with van der Waals surface area (Å²) in [6.07, 6.45) is 4.32. The normalized spacial score (nSPS) is 48.9. The lowest BCUT2D eigenvalue weighted by Gasteiger charge is -2.58. The summed E-state index contributed by atoms with van der Waals surface area (Å²) in [7, 11) is 0. The van der Waals surface area contributed by atoms with Crippen LogP contribution in [0.2, 0.25) is 0 Å². The SMILES string of the molecule is CCC(=O)O[C@H]1COC2C3C(CC[C@@]21CO)[C@@]1(C)CC[C@H](O)CC1=C[C@@H]3O. The Labute approximate surface area is 160 Å². The zero-order valence-corrected chi connectivity index (χ0v) is 16.3. The Morgan fingerprint density at radius 3 is 2.81 bits per heavy atom. The van der Waals surface area contributed by atoms with Crippen molar-refractivity contribution in [1.29, 1.82) is 0 Å². The molecule has 0 amide bonds. The van der Waals surface area contributed by atoms with Crippen LogP contribution in [-0.2, 0) is 14.3 Å². The van der Waals surface area contributed by atoms with Gasteiger partial charge < -0.3 is 24.8 Å². The number of aliphatic hydroxyl groups excluding tert-OH is 3. The minimum atomic E-state index is -0.666. The van der Waals surface area contributed by atoms with Crippen molar-refractivity contribution in [2.75, 3.05) is 13.2 Å². The van der Waals surface area contributed by atoms with Crippen molar-refractivity contribution < 1.29 is 29.6 Å². The van der Waals surface area contributed by atoms with Crippen LogP contribution in [0.15, 0.2) is 11.6 Å². The summed E-state index contributed by atoms with van der Waals surface area (Å²) in [4.78, 5) is 11.9. The van der Waals surface area contributed by atoms with Crippen LogP contribution in [0, 0.1) is 22.7 Å². The van der Waals surface area contributed by atoms with E-state index in [1.165, 1.54) is 5.57 Å². The number of esters is 1. The number of carbonyl (C=O) groups excluding carboxylic acids is 1. The highest BCUT2D eigenvalue weighted by Gasteiger charge is 2.64. The highest BCUT2D eigenvalue weighted by Crippen LogP contribution is 2.62. The van der Waals surface area contributed by atoms with E-state index in [0.29, 0.717) is 12.8 Å². The van der Waals surface area contributed by atoms with Gasteiger partial charge >= 0.3 is 5.97 Å². The number of hydrogen-bond donors (Lipinski definition) is 3. The van der Waals surface area contributed by atoms with Gasteiger partial charge in [-0.3, -0.25) is 4.79 Å². The summed E-state index contributed by atoms with van der Waals surface area (Å²) in [5.41, 5.74) is 0.480. The minimum absolute atomic E-state index is 0.0493. The van der Waals surface area contributed by atoms with Gasteiger partial charge in [0.2, 0.25) is 0 Å². The van der Waals surface area contributed by atoms with Crippen LogP contribution in [0.1, 0.15) is 52.4 Å². The highest BCUT2D eigenvalue weighted by atomic mass is 16.6. The van der Waals surface area contributed by atoms with Gasteiger partial charge in [-0.1, -0.05) is 25.5 Å². The maximum absolute atomic E-state index is 11.9. The Balaban J connectivity index is 1.66. The predicted octanol–water partition coefficient (Wildman–Crippen LogP) is 1.56. The molecule has 3 N–H and O–H groups in total. The molecule has 6 heteroatoms. The summed E-state index contributed by atoms with van der Waals surface area (Å²) in [6, 6.07) is 0. The summed E-state index contributed by atoms with van der Waals surface area (Å²) in [5.74, 6) is -0.163. The molecule has 1 heterocycles. The van der Waals surface area contributed by atoms with E-state index in [2.05, 4.69) is 6.92 Å². The van der Waals surface area contributed by atoms with Gasteiger partial charge in [0.25, 0.3) is 0 Å². The first-order chi connectivity index (χ1) is 12.9. The van der Waals surface area contributed by atoms with E-state index in [1.54, 1.807) is 6.92 Å². The van der Waals surface area contributed by atoms with Gasteiger partial charge in [-0.2, -0.15) is 0 Å². The number of carbonyl (C=O) groups is 1. The lowest BCUT2D eigenvalue weighted by Crippen LogP contribution is -2.60. The molecule has 0 aromatic carbocycles. The van der Waals surface area contributed by atoms with Crippen molar-refractivity contribution in [2.24, 2.45) is 22.7 Å². The number of aliphatic hydroxyl groups is 3. The molecule has 27 heavy (non-hydrogen) atoms. The Bertz CT molecular complexity index is 632. The molecule has 8 atom stereocenters. The monoisotopic (exact) mass is 380 g/mol. The summed E-state index contributed by atoms with van der Waals surface area (Å²) in [6.45, 7) is 4.18. The lowest BCUT2D eigenvalue weighted by atomic mass is 9.48. The number of hydrogen-bond acceptors (Lipinski definition) is 6. The van der Waals surface area contributed by atoms with Gasteiger partial charge in [0.05, 0.1) is 36.9 Å². The van der Waals surface area contributed by atoms with Crippen molar-refractivity contribution >= 4 is 5.97 Å². The zero-order valence-electron chi connectivity index (χ0n) is 16.3. The van der Waals surface area contributed by atoms with Gasteiger partial charge in [-0.25, -0.2) is 0 Å². The van der Waals surface area contributed by atoms with E-state index in [4.69, 9.17) is 9.47 Å². The van der Waals surface area contributed by atoms with Crippen LogP contribution in [0.25, 0.3) is 0 Å². The molecule has 0 aromatic heterocycles. The quantitative estimate of drug-likeness (QED) is 0.508. The number of rotatable bonds is 3. The smallest absolute Gasteiger partial charge is 0.305 e. The van der Waals surface area contributed by atoms with Crippen molar-refractivity contribution in [1.82, 2.24) is 0 Å². The molecule has 3 fully saturated rings. The second kappa shape index (κ2) is 6.83. The molecule has 0 aromatic rings. The fourth-order valence-electron chi connectivity index (χ4n) is 6.37. The summed E-state index contributed by atoms with van der Waals surface area (Å²) >= 11 is 0. The molecule has 0 bridgehead atoms. The lowest BCUT2D eigenvalue weighted by molar-refractivity contribution is -0.167. The van der Waals surface area contributed by atoms with E-state index >= 15 is 0 Å². The highest BCUT2D eigenvalue weighted by molar-refractivity contribution is 5.69. The maximum Gasteiger partial charge on any atom is 0.305 e. The Morgan fingerprint density at radius 2 is 2.11 bits per heavy atom. The fourth-order valence-corrected chi connectivity index (χ4v) is 6.37. The first-order valence-corrected chi connectivity index (χ1v) is 10.3. The van der Waals surface area contributed by atoms with Crippen molar-refractivity contribution in [3.05, 3.63) is 11.6 Å². The van der Waals surface area contributed by atoms with E-state index in [-0.39, 0.29) is 48.6 Å². The van der Waals surface area contributed by atoms with Crippen LogP contribution < -0.4 is 0 Å². The van der Waals surface area contributed by atoms with Crippen molar-refractivity contribution in [3.63, 3.8) is 0 Å². The van der Waals surface area contributed by atoms with Crippen molar-refractivity contribution in [3.8, 4) is 0 Å². The molecule has 2 saturated carbocycles. The average molecular weight is 380 g/mol. The number of fused-ring (bicyclic) bond motifs is 5. The zero-order chi connectivity index (χ0) is 19.4. The third-order valence-corrected chi connectivity index (χ3v) is 8.00. The Kier molecular flexibility index (Phi) is 4.90. The molecule has 4 aliphatic rings. The second-order valence-electron chi connectivity index (χ2n) is 9.20. The van der Waals surface area contributed by atoms with E-state index in [9.17, 15) is 20.1 Å². The first-order valence-electron chi connectivity index (χ1n) is 10.3. The maximum atomic E-state index is 11.9. The van der Waals surface area contributed by atoms with Crippen LogP contribution in [0.5, 0.6) is 0 Å². The molecule has 3 unspecified atom stereocenters. The van der Waals surface area contributed by atoms with Gasteiger partial charge in [0.15, 0.2) is 0 Å². The fraction of sp³-hybridized carbons (Fsp3) is 0.857. The molecule has 0 radical (unpaired) electrons. The predicted molar refractivity (Wildman–Crippen MR) is 97.7 cm³/mol. The van der Waals surface area contributed by atoms with E-state index in [1.807, 2.05) is 6.08 Å². The first kappa shape index (κ1) is 19.4. The van der Waals surface area contributed by atoms with Gasteiger partial charge in [0, 0.05) is 12.3 Å². The molecule has 6 nitrogen and oxygen atoms in total. The average Bonchev–Trinajstić information content (AvgIpc) is 3.02. The molecule has 1 saturated heterocycles. The largest absolute Gasteiger partial charge is 0.459 e. The molecule has 0 spiro atoms. The summed E-state index contributed by atoms with van der Waals surface area (Å²) in [5, 5.41) is 31.4. The molecule has 152 valence electrons. The molecule has 1 aliphatic heterocycles. The van der Waals surface area contributed by atoms with Crippen LogP contribution in [0.3, 0.4) is 0 Å². The molecule has 3 aliphatic carbocycles. The van der Waals surface area contributed by atoms with Gasteiger partial charge in [-0.05, 0) is 43.4 Å². The standard InChI is InChI=1S/C21H32O6/c1-3-17(25)27-16-10-26-19-18-14(5-7-21(16,19)11-22)20(2)6-4-13(23)8-12(20)9-15(18)24/h9,13-16,18-19,22-24H,3-8,10-11H2,1-2H3/t13-,14?,15-,16-,18?,19?,20-,21-/m0/s1. The number of ether oxygens (including phenoxy) is 2. The van der Waals surface area contributed by atoms with Crippen LogP contribution >= 0.6 is 0 Å². The van der Waals surface area contributed by atoms with Crippen LogP contribution in [-0.4, -0.2) is 58.9 Å². The van der Waals surface area contributed by atoms with Crippen molar-refractivity contribution in [2.45, 2.75) is 76.8 Å². The second-order valence-corrected chi connectivity index (χ2v) is 9.20. The third-order valence-electron chi connectivity index (χ3n) is 8.00. The van der Waals surface area contributed by atoms with Gasteiger partial charge in [0.1, 0.15) is 6.10 Å². The van der Waals surface area contributed by atoms with E-state index < -0.39 is 17.6 Å². The molecule has 4 rings (SSSR count). The third kappa shape index (κ3) is 2.79. The Morgan fingerprint density at radius 1 is 1.33 bits per heavy atom. The van der Waals surface area contributed by atoms with E-state index in [0.717, 1.165) is 25.7 Å². The molecular weight excluding hydrogens is 348 g/mol. The molecular formula is C21H32O6. The minimum Gasteiger partial charge on any atom is -0.459 e.